The Bertz CT molecular complexity index is 1210. The second kappa shape index (κ2) is 10.6. The van der Waals surface area contributed by atoms with Crippen LogP contribution in [0.3, 0.4) is 0 Å². The van der Waals surface area contributed by atoms with Gasteiger partial charge in [-0.15, -0.1) is 0 Å². The molecule has 2 heterocycles. The summed E-state index contributed by atoms with van der Waals surface area (Å²) in [6.07, 6.45) is 0. The van der Waals surface area contributed by atoms with E-state index in [1.54, 1.807) is 17.0 Å². The molecule has 0 aliphatic carbocycles. The van der Waals surface area contributed by atoms with Crippen LogP contribution in [-0.4, -0.2) is 63.9 Å². The van der Waals surface area contributed by atoms with E-state index in [2.05, 4.69) is 15.5 Å². The van der Waals surface area contributed by atoms with Gasteiger partial charge in [0.05, 0.1) is 17.7 Å². The van der Waals surface area contributed by atoms with Gasteiger partial charge in [0, 0.05) is 31.6 Å². The normalized spacial score (nSPS) is 15.3. The first-order valence-electron chi connectivity index (χ1n) is 11.7. The maximum Gasteiger partial charge on any atom is 0.322 e. The van der Waals surface area contributed by atoms with Gasteiger partial charge in [0.25, 0.3) is 0 Å². The third kappa shape index (κ3) is 5.83. The van der Waals surface area contributed by atoms with Crippen LogP contribution in [0, 0.1) is 11.7 Å². The van der Waals surface area contributed by atoms with Gasteiger partial charge in [-0.3, -0.25) is 9.69 Å². The number of halogens is 1. The zero-order chi connectivity index (χ0) is 24.9. The van der Waals surface area contributed by atoms with Crippen molar-refractivity contribution in [3.05, 3.63) is 60.2 Å². The molecule has 4 N–H and O–H groups in total. The van der Waals surface area contributed by atoms with Crippen LogP contribution in [-0.2, 0) is 11.3 Å². The number of carbonyl (C=O) groups is 2. The molecule has 3 amide bonds. The Kier molecular flexibility index (Phi) is 7.40. The lowest BCUT2D eigenvalue weighted by Crippen LogP contribution is -2.49. The van der Waals surface area contributed by atoms with Crippen molar-refractivity contribution in [2.45, 2.75) is 26.4 Å². The summed E-state index contributed by atoms with van der Waals surface area (Å²) in [5.41, 5.74) is 6.54. The Hall–Kier alpha value is -3.79. The topological polar surface area (TPSA) is 116 Å². The average Bonchev–Trinajstić information content (AvgIpc) is 2.84. The van der Waals surface area contributed by atoms with Crippen molar-refractivity contribution in [2.75, 3.05) is 36.8 Å². The highest BCUT2D eigenvalue weighted by Gasteiger charge is 2.24. The molecule has 1 saturated heterocycles. The van der Waals surface area contributed by atoms with Crippen LogP contribution in [0.15, 0.2) is 48.5 Å². The van der Waals surface area contributed by atoms with Gasteiger partial charge in [0.15, 0.2) is 0 Å². The maximum atomic E-state index is 13.8. The molecular formula is C25H30FN7O2. The minimum Gasteiger partial charge on any atom is -0.368 e. The number of rotatable bonds is 7. The van der Waals surface area contributed by atoms with Gasteiger partial charge in [0.1, 0.15) is 23.5 Å². The van der Waals surface area contributed by atoms with Crippen molar-refractivity contribution in [1.82, 2.24) is 19.8 Å². The van der Waals surface area contributed by atoms with E-state index in [1.165, 1.54) is 12.1 Å². The molecule has 184 valence electrons. The van der Waals surface area contributed by atoms with E-state index in [1.807, 2.05) is 38.1 Å². The fourth-order valence-electron chi connectivity index (χ4n) is 4.08. The molecule has 1 aromatic heterocycles. The molecule has 2 aromatic carbocycles. The van der Waals surface area contributed by atoms with Crippen molar-refractivity contribution in [2.24, 2.45) is 11.7 Å². The number of fused-ring (bicyclic) bond motifs is 1. The number of benzene rings is 2. The summed E-state index contributed by atoms with van der Waals surface area (Å²) in [6, 6.07) is 12.8. The van der Waals surface area contributed by atoms with E-state index in [4.69, 9.17) is 15.7 Å². The lowest BCUT2D eigenvalue weighted by Gasteiger charge is -2.34. The third-order valence-electron chi connectivity index (χ3n) is 6.05. The maximum absolute atomic E-state index is 13.8. The molecule has 9 nitrogen and oxygen atoms in total. The monoisotopic (exact) mass is 479 g/mol. The summed E-state index contributed by atoms with van der Waals surface area (Å²) < 4.78 is 13.8. The lowest BCUT2D eigenvalue weighted by molar-refractivity contribution is -0.119. The van der Waals surface area contributed by atoms with Crippen LogP contribution in [0.5, 0.6) is 0 Å². The molecule has 1 atom stereocenters. The minimum atomic E-state index is -0.558. The minimum absolute atomic E-state index is 0.00624. The molecule has 1 aliphatic rings. The second-order valence-corrected chi connectivity index (χ2v) is 8.95. The third-order valence-corrected chi connectivity index (χ3v) is 6.05. The summed E-state index contributed by atoms with van der Waals surface area (Å²) in [7, 11) is 0. The number of anilines is 2. The number of aromatic nitrogens is 2. The summed E-state index contributed by atoms with van der Waals surface area (Å²) in [6.45, 7) is 6.58. The Balaban J connectivity index is 1.43. The number of nitrogens with zero attached hydrogens (tertiary/aromatic N) is 4. The van der Waals surface area contributed by atoms with E-state index in [9.17, 15) is 14.0 Å². The van der Waals surface area contributed by atoms with Crippen LogP contribution in [0.1, 0.15) is 19.7 Å². The smallest absolute Gasteiger partial charge is 0.322 e. The first kappa shape index (κ1) is 24.3. The Morgan fingerprint density at radius 1 is 1.03 bits per heavy atom. The number of hydrogen-bond donors (Lipinski definition) is 3. The number of nitrogens with two attached hydrogens (primary N) is 1. The van der Waals surface area contributed by atoms with E-state index in [0.717, 1.165) is 10.9 Å². The average molecular weight is 480 g/mol. The molecule has 1 fully saturated rings. The van der Waals surface area contributed by atoms with Crippen LogP contribution >= 0.6 is 0 Å². The van der Waals surface area contributed by atoms with Gasteiger partial charge in [0.2, 0.25) is 5.91 Å². The quantitative estimate of drug-likeness (QED) is 0.480. The Morgan fingerprint density at radius 2 is 1.71 bits per heavy atom. The van der Waals surface area contributed by atoms with Gasteiger partial charge in [-0.1, -0.05) is 38.1 Å². The van der Waals surface area contributed by atoms with Crippen molar-refractivity contribution in [3.63, 3.8) is 0 Å². The molecule has 0 radical (unpaired) electrons. The zero-order valence-corrected chi connectivity index (χ0v) is 19.9. The Labute approximate surface area is 203 Å². The van der Waals surface area contributed by atoms with E-state index in [0.29, 0.717) is 44.4 Å². The highest BCUT2D eigenvalue weighted by molar-refractivity contribution is 5.92. The first-order chi connectivity index (χ1) is 16.8. The summed E-state index contributed by atoms with van der Waals surface area (Å²) in [5, 5.41) is 6.66. The molecule has 3 aromatic rings. The molecule has 0 bridgehead atoms. The van der Waals surface area contributed by atoms with E-state index >= 15 is 0 Å². The van der Waals surface area contributed by atoms with Gasteiger partial charge >= 0.3 is 6.03 Å². The number of primary amides is 1. The molecule has 0 unspecified atom stereocenters. The molecular weight excluding hydrogens is 449 g/mol. The largest absolute Gasteiger partial charge is 0.368 e. The van der Waals surface area contributed by atoms with Gasteiger partial charge in [-0.25, -0.2) is 19.2 Å². The fraction of sp³-hybridized carbons (Fsp3) is 0.360. The molecule has 10 heteroatoms. The number of urea groups is 1. The lowest BCUT2D eigenvalue weighted by atomic mass is 10.0. The fourth-order valence-corrected chi connectivity index (χ4v) is 4.08. The molecule has 0 spiro atoms. The van der Waals surface area contributed by atoms with Crippen molar-refractivity contribution in [1.29, 1.82) is 0 Å². The van der Waals surface area contributed by atoms with Crippen LogP contribution < -0.4 is 16.4 Å². The van der Waals surface area contributed by atoms with Crippen LogP contribution in [0.25, 0.3) is 10.9 Å². The van der Waals surface area contributed by atoms with Gasteiger partial charge in [-0.2, -0.15) is 0 Å². The molecule has 35 heavy (non-hydrogen) atoms. The van der Waals surface area contributed by atoms with Crippen LogP contribution in [0.4, 0.5) is 20.7 Å². The van der Waals surface area contributed by atoms with Crippen molar-refractivity contribution >= 4 is 34.3 Å². The summed E-state index contributed by atoms with van der Waals surface area (Å²) >= 11 is 0. The predicted octanol–water partition coefficient (Wildman–Crippen LogP) is 3.04. The highest BCUT2D eigenvalue weighted by atomic mass is 19.1. The highest BCUT2D eigenvalue weighted by Crippen LogP contribution is 2.23. The Morgan fingerprint density at radius 3 is 2.40 bits per heavy atom. The SMILES string of the molecule is CC(C)[C@H](Nc1nc(CN2CCN(C(=O)Nc3ccccc3F)CC2)nc2ccccc12)C(N)=O. The number of piperazine rings is 1. The molecule has 1 aliphatic heterocycles. The zero-order valence-electron chi connectivity index (χ0n) is 19.9. The van der Waals surface area contributed by atoms with Gasteiger partial charge < -0.3 is 21.3 Å². The van der Waals surface area contributed by atoms with Crippen molar-refractivity contribution in [3.8, 4) is 0 Å². The molecule has 0 saturated carbocycles. The molecule has 4 rings (SSSR count). The van der Waals surface area contributed by atoms with E-state index in [-0.39, 0.29) is 17.6 Å². The predicted molar refractivity (Wildman–Crippen MR) is 133 cm³/mol. The summed E-state index contributed by atoms with van der Waals surface area (Å²) in [5.74, 6) is 0.282. The number of carbonyl (C=O) groups excluding carboxylic acids is 2. The number of nitrogens with one attached hydrogen (secondary N) is 2. The van der Waals surface area contributed by atoms with E-state index < -0.39 is 17.8 Å². The standard InChI is InChI=1S/C25H30FN7O2/c1-16(2)22(23(27)34)31-24-17-7-3-5-9-19(17)28-21(30-24)15-32-11-13-33(14-12-32)25(35)29-20-10-6-4-8-18(20)26/h3-10,16,22H,11-15H2,1-2H3,(H2,27,34)(H,29,35)(H,28,30,31)/t22-/m0/s1. The summed E-state index contributed by atoms with van der Waals surface area (Å²) in [4.78, 5) is 37.7. The van der Waals surface area contributed by atoms with Crippen LogP contribution in [0.2, 0.25) is 0 Å². The van der Waals surface area contributed by atoms with Gasteiger partial charge in [-0.05, 0) is 30.2 Å². The first-order valence-corrected chi connectivity index (χ1v) is 11.7. The number of para-hydroxylation sites is 2. The number of amides is 3. The second-order valence-electron chi connectivity index (χ2n) is 8.95. The van der Waals surface area contributed by atoms with Crippen molar-refractivity contribution < 1.29 is 14.0 Å². The number of hydrogen-bond acceptors (Lipinski definition) is 6.